The fraction of sp³-hybridized carbons (Fsp3) is 0.562. The van der Waals surface area contributed by atoms with Crippen molar-refractivity contribution in [3.8, 4) is 0 Å². The predicted molar refractivity (Wildman–Crippen MR) is 88.1 cm³/mol. The number of hydrogen-bond donors (Lipinski definition) is 3. The minimum Gasteiger partial charge on any atom is -0.343 e. The van der Waals surface area contributed by atoms with Crippen LogP contribution in [0, 0.1) is 0 Å². The van der Waals surface area contributed by atoms with E-state index in [0.29, 0.717) is 12.1 Å². The molecule has 2 atom stereocenters. The Hall–Kier alpha value is -1.65. The number of nitrogens with one attached hydrogen (secondary N) is 3. The minimum absolute atomic E-state index is 0.0178. The Morgan fingerprint density at radius 1 is 1.12 bits per heavy atom. The molecule has 26 heavy (non-hydrogen) atoms. The van der Waals surface area contributed by atoms with Crippen LogP contribution in [0.2, 0.25) is 0 Å². The fourth-order valence-corrected chi connectivity index (χ4v) is 4.77. The molecule has 1 aromatic rings. The third-order valence-corrected chi connectivity index (χ3v) is 6.21. The Balaban J connectivity index is 1.62. The van der Waals surface area contributed by atoms with Crippen LogP contribution in [0.4, 0.5) is 13.2 Å². The SMILES string of the molecule is O=C(NCC(F)(F)F)c1ccc(S(=O)(=O)NC2CC3CCC(C2)N3)cc1. The second kappa shape index (κ2) is 7.16. The van der Waals surface area contributed by atoms with E-state index < -0.39 is 28.7 Å². The maximum Gasteiger partial charge on any atom is 0.405 e. The maximum absolute atomic E-state index is 12.5. The van der Waals surface area contributed by atoms with Gasteiger partial charge in [-0.1, -0.05) is 0 Å². The second-order valence-electron chi connectivity index (χ2n) is 6.75. The third-order valence-electron chi connectivity index (χ3n) is 4.67. The van der Waals surface area contributed by atoms with Gasteiger partial charge in [-0.25, -0.2) is 13.1 Å². The van der Waals surface area contributed by atoms with Gasteiger partial charge in [0.1, 0.15) is 6.54 Å². The van der Waals surface area contributed by atoms with Gasteiger partial charge < -0.3 is 10.6 Å². The largest absolute Gasteiger partial charge is 0.405 e. The molecule has 2 aliphatic rings. The monoisotopic (exact) mass is 391 g/mol. The molecule has 2 unspecified atom stereocenters. The van der Waals surface area contributed by atoms with Gasteiger partial charge in [0.05, 0.1) is 4.90 Å². The summed E-state index contributed by atoms with van der Waals surface area (Å²) in [6.07, 6.45) is -0.951. The normalized spacial score (nSPS) is 25.9. The molecule has 2 aliphatic heterocycles. The summed E-state index contributed by atoms with van der Waals surface area (Å²) in [5.74, 6) is -0.908. The van der Waals surface area contributed by atoms with E-state index in [1.165, 1.54) is 24.3 Å². The van der Waals surface area contributed by atoms with Gasteiger partial charge in [0.2, 0.25) is 10.0 Å². The van der Waals surface area contributed by atoms with Crippen molar-refractivity contribution < 1.29 is 26.4 Å². The van der Waals surface area contributed by atoms with Gasteiger partial charge in [0.25, 0.3) is 5.91 Å². The summed E-state index contributed by atoms with van der Waals surface area (Å²) >= 11 is 0. The zero-order valence-corrected chi connectivity index (χ0v) is 14.7. The molecule has 0 radical (unpaired) electrons. The molecule has 1 aromatic carbocycles. The molecule has 0 saturated carbocycles. The first-order valence-electron chi connectivity index (χ1n) is 8.36. The van der Waals surface area contributed by atoms with E-state index in [-0.39, 0.29) is 16.5 Å². The molecule has 10 heteroatoms. The first-order chi connectivity index (χ1) is 12.1. The number of amides is 1. The molecule has 1 amide bonds. The van der Waals surface area contributed by atoms with Crippen molar-refractivity contribution in [3.63, 3.8) is 0 Å². The lowest BCUT2D eigenvalue weighted by molar-refractivity contribution is -0.123. The molecule has 2 fully saturated rings. The predicted octanol–water partition coefficient (Wildman–Crippen LogP) is 1.54. The summed E-state index contributed by atoms with van der Waals surface area (Å²) in [5.41, 5.74) is -0.0342. The van der Waals surface area contributed by atoms with E-state index in [2.05, 4.69) is 10.0 Å². The average molecular weight is 391 g/mol. The zero-order chi connectivity index (χ0) is 18.9. The summed E-state index contributed by atoms with van der Waals surface area (Å²) in [6, 6.07) is 5.37. The lowest BCUT2D eigenvalue weighted by Crippen LogP contribution is -2.47. The Kier molecular flexibility index (Phi) is 5.27. The molecule has 2 saturated heterocycles. The van der Waals surface area contributed by atoms with Crippen molar-refractivity contribution in [2.24, 2.45) is 0 Å². The summed E-state index contributed by atoms with van der Waals surface area (Å²) in [6.45, 7) is -1.44. The standard InChI is InChI=1S/C16H20F3N3O3S/c17-16(18,19)9-20-15(23)10-1-5-14(6-2-10)26(24,25)22-13-7-11-3-4-12(8-13)21-11/h1-2,5-6,11-13,21-22H,3-4,7-9H2,(H,20,23). The van der Waals surface area contributed by atoms with Crippen LogP contribution >= 0.6 is 0 Å². The molecule has 2 heterocycles. The Morgan fingerprint density at radius 3 is 2.23 bits per heavy atom. The quantitative estimate of drug-likeness (QED) is 0.711. The number of hydrogen-bond acceptors (Lipinski definition) is 4. The van der Waals surface area contributed by atoms with Crippen LogP contribution in [0.3, 0.4) is 0 Å². The molecule has 6 nitrogen and oxygen atoms in total. The average Bonchev–Trinajstić information content (AvgIpc) is 2.90. The van der Waals surface area contributed by atoms with E-state index in [1.54, 1.807) is 5.32 Å². The third kappa shape index (κ3) is 4.74. The minimum atomic E-state index is -4.50. The first-order valence-corrected chi connectivity index (χ1v) is 9.84. The van der Waals surface area contributed by atoms with Crippen LogP contribution < -0.4 is 15.4 Å². The Morgan fingerprint density at radius 2 is 1.69 bits per heavy atom. The van der Waals surface area contributed by atoms with Crippen molar-refractivity contribution >= 4 is 15.9 Å². The van der Waals surface area contributed by atoms with Crippen LogP contribution in [-0.2, 0) is 10.0 Å². The van der Waals surface area contributed by atoms with E-state index in [9.17, 15) is 26.4 Å². The van der Waals surface area contributed by atoms with E-state index in [4.69, 9.17) is 0 Å². The number of alkyl halides is 3. The van der Waals surface area contributed by atoms with Gasteiger partial charge in [-0.15, -0.1) is 0 Å². The lowest BCUT2D eigenvalue weighted by atomic mass is 10.0. The summed E-state index contributed by atoms with van der Waals surface area (Å²) < 4.78 is 64.1. The van der Waals surface area contributed by atoms with Gasteiger partial charge in [0.15, 0.2) is 0 Å². The number of rotatable bonds is 5. The van der Waals surface area contributed by atoms with Crippen molar-refractivity contribution in [1.82, 2.24) is 15.4 Å². The van der Waals surface area contributed by atoms with Gasteiger partial charge in [-0.2, -0.15) is 13.2 Å². The molecule has 3 rings (SSSR count). The van der Waals surface area contributed by atoms with Crippen LogP contribution in [0.15, 0.2) is 29.2 Å². The molecule has 0 aromatic heterocycles. The van der Waals surface area contributed by atoms with E-state index in [1.807, 2.05) is 0 Å². The molecule has 2 bridgehead atoms. The number of piperidine rings is 1. The van der Waals surface area contributed by atoms with Gasteiger partial charge >= 0.3 is 6.18 Å². The highest BCUT2D eigenvalue weighted by Gasteiger charge is 2.35. The summed E-state index contributed by atoms with van der Waals surface area (Å²) in [7, 11) is -3.75. The highest BCUT2D eigenvalue weighted by Crippen LogP contribution is 2.27. The Labute approximate surface area is 149 Å². The van der Waals surface area contributed by atoms with Crippen molar-refractivity contribution in [2.75, 3.05) is 6.54 Å². The second-order valence-corrected chi connectivity index (χ2v) is 8.46. The topological polar surface area (TPSA) is 87.3 Å². The van der Waals surface area contributed by atoms with Gasteiger partial charge in [-0.05, 0) is 49.9 Å². The van der Waals surface area contributed by atoms with Crippen LogP contribution in [-0.4, -0.2) is 45.2 Å². The lowest BCUT2D eigenvalue weighted by Gasteiger charge is -2.29. The number of sulfonamides is 1. The van der Waals surface area contributed by atoms with E-state index in [0.717, 1.165) is 25.7 Å². The number of carbonyl (C=O) groups is 1. The van der Waals surface area contributed by atoms with Crippen molar-refractivity contribution in [2.45, 2.75) is 54.9 Å². The number of benzene rings is 1. The highest BCUT2D eigenvalue weighted by molar-refractivity contribution is 7.89. The molecular formula is C16H20F3N3O3S. The number of halogens is 3. The van der Waals surface area contributed by atoms with Crippen molar-refractivity contribution in [1.29, 1.82) is 0 Å². The fourth-order valence-electron chi connectivity index (χ4n) is 3.51. The molecular weight excluding hydrogens is 371 g/mol. The van der Waals surface area contributed by atoms with Gasteiger partial charge in [-0.3, -0.25) is 4.79 Å². The first kappa shape index (κ1) is 19.1. The maximum atomic E-state index is 12.5. The molecule has 0 spiro atoms. The van der Waals surface area contributed by atoms with Crippen LogP contribution in [0.25, 0.3) is 0 Å². The van der Waals surface area contributed by atoms with Crippen LogP contribution in [0.5, 0.6) is 0 Å². The summed E-state index contributed by atoms with van der Waals surface area (Å²) in [5, 5.41) is 5.17. The number of carbonyl (C=O) groups excluding carboxylic acids is 1. The smallest absolute Gasteiger partial charge is 0.343 e. The molecule has 0 aliphatic carbocycles. The molecule has 3 N–H and O–H groups in total. The zero-order valence-electron chi connectivity index (χ0n) is 13.8. The molecule has 144 valence electrons. The van der Waals surface area contributed by atoms with E-state index >= 15 is 0 Å². The highest BCUT2D eigenvalue weighted by atomic mass is 32.2. The van der Waals surface area contributed by atoms with Crippen molar-refractivity contribution in [3.05, 3.63) is 29.8 Å². The Bertz CT molecular complexity index is 753. The van der Waals surface area contributed by atoms with Crippen LogP contribution in [0.1, 0.15) is 36.0 Å². The number of fused-ring (bicyclic) bond motifs is 2. The van der Waals surface area contributed by atoms with Gasteiger partial charge in [0, 0.05) is 23.7 Å². The summed E-state index contributed by atoms with van der Waals surface area (Å²) in [4.78, 5) is 11.6.